The molecule has 150 valence electrons. The molecule has 1 N–H and O–H groups in total. The third-order valence-electron chi connectivity index (χ3n) is 4.29. The second-order valence-electron chi connectivity index (χ2n) is 6.19. The Morgan fingerprint density at radius 2 is 2.04 bits per heavy atom. The fraction of sp³-hybridized carbons (Fsp3) is 0.421. The molecule has 0 radical (unpaired) electrons. The average Bonchev–Trinajstić information content (AvgIpc) is 3.29. The van der Waals surface area contributed by atoms with Gasteiger partial charge in [0.05, 0.1) is 36.7 Å². The van der Waals surface area contributed by atoms with E-state index in [1.807, 2.05) is 17.5 Å². The zero-order chi connectivity index (χ0) is 20.1. The first-order chi connectivity index (χ1) is 13.5. The third kappa shape index (κ3) is 4.60. The van der Waals surface area contributed by atoms with E-state index in [2.05, 4.69) is 5.32 Å². The standard InChI is InChI=1S/C19H22N2O5S2/c1-3-26-19(24)15-12(2)16(18(23)21-6-8-25-9-7-21)28-17(15)20-14(22)11-13-5-4-10-27-13/h4-5,10H,3,6-9,11H2,1-2H3,(H,20,22). The first-order valence-electron chi connectivity index (χ1n) is 9.01. The van der Waals surface area contributed by atoms with E-state index in [9.17, 15) is 14.4 Å². The first-order valence-corrected chi connectivity index (χ1v) is 10.7. The van der Waals surface area contributed by atoms with Gasteiger partial charge in [0.15, 0.2) is 0 Å². The van der Waals surface area contributed by atoms with Crippen molar-refractivity contribution in [1.82, 2.24) is 4.90 Å². The summed E-state index contributed by atoms with van der Waals surface area (Å²) in [4.78, 5) is 40.9. The summed E-state index contributed by atoms with van der Waals surface area (Å²) in [7, 11) is 0. The monoisotopic (exact) mass is 422 g/mol. The highest BCUT2D eigenvalue weighted by Crippen LogP contribution is 2.35. The zero-order valence-corrected chi connectivity index (χ0v) is 17.4. The number of hydrogen-bond acceptors (Lipinski definition) is 7. The summed E-state index contributed by atoms with van der Waals surface area (Å²) in [6.45, 7) is 5.63. The Hall–Kier alpha value is -2.23. The number of esters is 1. The Bertz CT molecular complexity index is 854. The Morgan fingerprint density at radius 1 is 1.29 bits per heavy atom. The molecule has 0 saturated carbocycles. The predicted octanol–water partition coefficient (Wildman–Crippen LogP) is 2.95. The SMILES string of the molecule is CCOC(=O)c1c(NC(=O)Cc2cccs2)sc(C(=O)N2CCOCC2)c1C. The van der Waals surface area contributed by atoms with Gasteiger partial charge in [-0.15, -0.1) is 22.7 Å². The molecule has 0 aromatic carbocycles. The second kappa shape index (κ2) is 9.31. The smallest absolute Gasteiger partial charge is 0.341 e. The Labute approximate surface area is 171 Å². The van der Waals surface area contributed by atoms with E-state index < -0.39 is 5.97 Å². The molecule has 0 spiro atoms. The lowest BCUT2D eigenvalue weighted by Crippen LogP contribution is -2.40. The number of amides is 2. The van der Waals surface area contributed by atoms with Gasteiger partial charge >= 0.3 is 5.97 Å². The van der Waals surface area contributed by atoms with Gasteiger partial charge in [-0.1, -0.05) is 6.07 Å². The van der Waals surface area contributed by atoms with Crippen LogP contribution in [0.5, 0.6) is 0 Å². The number of thiophene rings is 2. The molecule has 0 atom stereocenters. The van der Waals surface area contributed by atoms with Crippen molar-refractivity contribution in [2.75, 3.05) is 38.2 Å². The van der Waals surface area contributed by atoms with Crippen molar-refractivity contribution in [3.63, 3.8) is 0 Å². The predicted molar refractivity (Wildman–Crippen MR) is 108 cm³/mol. The van der Waals surface area contributed by atoms with E-state index in [1.54, 1.807) is 18.7 Å². The topological polar surface area (TPSA) is 84.9 Å². The van der Waals surface area contributed by atoms with Crippen LogP contribution in [0.25, 0.3) is 0 Å². The fourth-order valence-corrected chi connectivity index (χ4v) is 4.79. The largest absolute Gasteiger partial charge is 0.462 e. The number of carbonyl (C=O) groups is 3. The van der Waals surface area contributed by atoms with Crippen molar-refractivity contribution in [2.45, 2.75) is 20.3 Å². The minimum atomic E-state index is -0.538. The molecule has 1 saturated heterocycles. The van der Waals surface area contributed by atoms with Gasteiger partial charge in [0.1, 0.15) is 5.00 Å². The molecular weight excluding hydrogens is 400 g/mol. The molecule has 1 fully saturated rings. The fourth-order valence-electron chi connectivity index (χ4n) is 2.91. The van der Waals surface area contributed by atoms with Gasteiger partial charge in [0, 0.05) is 18.0 Å². The molecule has 3 rings (SSSR count). The quantitative estimate of drug-likeness (QED) is 0.724. The van der Waals surface area contributed by atoms with E-state index in [1.165, 1.54) is 11.3 Å². The van der Waals surface area contributed by atoms with Crippen molar-refractivity contribution in [3.05, 3.63) is 38.4 Å². The molecule has 0 aliphatic carbocycles. The lowest BCUT2D eigenvalue weighted by Gasteiger charge is -2.26. The normalized spacial score (nSPS) is 14.0. The zero-order valence-electron chi connectivity index (χ0n) is 15.8. The van der Waals surface area contributed by atoms with Crippen LogP contribution in [0.15, 0.2) is 17.5 Å². The van der Waals surface area contributed by atoms with Gasteiger partial charge in [-0.2, -0.15) is 0 Å². The van der Waals surface area contributed by atoms with E-state index in [0.29, 0.717) is 41.7 Å². The Kier molecular flexibility index (Phi) is 6.82. The molecule has 7 nitrogen and oxygen atoms in total. The highest BCUT2D eigenvalue weighted by Gasteiger charge is 2.29. The number of ether oxygens (including phenoxy) is 2. The average molecular weight is 423 g/mol. The highest BCUT2D eigenvalue weighted by molar-refractivity contribution is 7.18. The molecule has 2 aromatic heterocycles. The van der Waals surface area contributed by atoms with Gasteiger partial charge in [-0.25, -0.2) is 4.79 Å². The Balaban J connectivity index is 1.87. The molecule has 0 bridgehead atoms. The minimum absolute atomic E-state index is 0.157. The van der Waals surface area contributed by atoms with Crippen LogP contribution in [-0.4, -0.2) is 55.6 Å². The highest BCUT2D eigenvalue weighted by atomic mass is 32.1. The van der Waals surface area contributed by atoms with Gasteiger partial charge in [-0.05, 0) is 30.9 Å². The molecule has 3 heterocycles. The van der Waals surface area contributed by atoms with Crippen molar-refractivity contribution < 1.29 is 23.9 Å². The number of rotatable bonds is 6. The molecule has 9 heteroatoms. The lowest BCUT2D eigenvalue weighted by atomic mass is 10.1. The van der Waals surface area contributed by atoms with Crippen LogP contribution in [0.4, 0.5) is 5.00 Å². The van der Waals surface area contributed by atoms with Gasteiger partial charge in [-0.3, -0.25) is 9.59 Å². The molecule has 0 unspecified atom stereocenters. The van der Waals surface area contributed by atoms with Crippen LogP contribution in [0, 0.1) is 6.92 Å². The van der Waals surface area contributed by atoms with Gasteiger partial charge in [0.25, 0.3) is 5.91 Å². The molecular formula is C19H22N2O5S2. The number of morpholine rings is 1. The van der Waals surface area contributed by atoms with Crippen molar-refractivity contribution >= 4 is 45.5 Å². The first kappa shape index (κ1) is 20.5. The molecule has 2 aromatic rings. The summed E-state index contributed by atoms with van der Waals surface area (Å²) in [5, 5.41) is 5.06. The maximum atomic E-state index is 12.9. The molecule has 2 amide bonds. The third-order valence-corrected chi connectivity index (χ3v) is 6.36. The minimum Gasteiger partial charge on any atom is -0.462 e. The summed E-state index contributed by atoms with van der Waals surface area (Å²) in [5.41, 5.74) is 0.786. The number of anilines is 1. The van der Waals surface area contributed by atoms with Crippen LogP contribution in [0.2, 0.25) is 0 Å². The van der Waals surface area contributed by atoms with Crippen LogP contribution in [0.3, 0.4) is 0 Å². The van der Waals surface area contributed by atoms with Crippen LogP contribution in [-0.2, 0) is 20.7 Å². The Morgan fingerprint density at radius 3 is 2.68 bits per heavy atom. The van der Waals surface area contributed by atoms with Gasteiger partial charge in [0.2, 0.25) is 5.91 Å². The van der Waals surface area contributed by atoms with Gasteiger partial charge < -0.3 is 19.7 Å². The summed E-state index contributed by atoms with van der Waals surface area (Å²) >= 11 is 2.61. The lowest BCUT2D eigenvalue weighted by molar-refractivity contribution is -0.115. The van der Waals surface area contributed by atoms with Crippen LogP contribution >= 0.6 is 22.7 Å². The van der Waals surface area contributed by atoms with Crippen LogP contribution in [0.1, 0.15) is 37.4 Å². The molecule has 1 aliphatic rings. The molecule has 28 heavy (non-hydrogen) atoms. The summed E-state index contributed by atoms with van der Waals surface area (Å²) in [6, 6.07) is 3.76. The van der Waals surface area contributed by atoms with E-state index in [0.717, 1.165) is 16.2 Å². The van der Waals surface area contributed by atoms with Crippen LogP contribution < -0.4 is 5.32 Å². The number of nitrogens with zero attached hydrogens (tertiary/aromatic N) is 1. The summed E-state index contributed by atoms with van der Waals surface area (Å²) < 4.78 is 10.4. The second-order valence-corrected chi connectivity index (χ2v) is 8.24. The number of nitrogens with one attached hydrogen (secondary N) is 1. The molecule has 1 aliphatic heterocycles. The van der Waals surface area contributed by atoms with E-state index in [-0.39, 0.29) is 30.4 Å². The van der Waals surface area contributed by atoms with Crippen molar-refractivity contribution in [1.29, 1.82) is 0 Å². The number of carbonyl (C=O) groups excluding carboxylic acids is 3. The number of hydrogen-bond donors (Lipinski definition) is 1. The summed E-state index contributed by atoms with van der Waals surface area (Å²) in [5.74, 6) is -0.932. The maximum absolute atomic E-state index is 12.9. The van der Waals surface area contributed by atoms with Crippen molar-refractivity contribution in [3.8, 4) is 0 Å². The van der Waals surface area contributed by atoms with E-state index >= 15 is 0 Å². The van der Waals surface area contributed by atoms with E-state index in [4.69, 9.17) is 9.47 Å². The summed E-state index contributed by atoms with van der Waals surface area (Å²) in [6.07, 6.45) is 0.212. The maximum Gasteiger partial charge on any atom is 0.341 e. The van der Waals surface area contributed by atoms with Crippen molar-refractivity contribution in [2.24, 2.45) is 0 Å².